The van der Waals surface area contributed by atoms with E-state index in [1.165, 1.54) is 6.07 Å². The summed E-state index contributed by atoms with van der Waals surface area (Å²) in [5, 5.41) is 15.6. The molecule has 0 radical (unpaired) electrons. The number of fused-ring (bicyclic) bond motifs is 2. The van der Waals surface area contributed by atoms with E-state index in [0.717, 1.165) is 30.3 Å². The zero-order chi connectivity index (χ0) is 24.1. The Kier molecular flexibility index (Phi) is 5.38. The monoisotopic (exact) mass is 467 g/mol. The molecule has 0 amide bonds. The van der Waals surface area contributed by atoms with Crippen molar-refractivity contribution in [3.63, 3.8) is 0 Å². The van der Waals surface area contributed by atoms with Gasteiger partial charge < -0.3 is 15.4 Å². The van der Waals surface area contributed by atoms with Crippen molar-refractivity contribution in [2.24, 2.45) is 5.18 Å². The van der Waals surface area contributed by atoms with Crippen molar-refractivity contribution in [2.75, 3.05) is 5.32 Å². The fourth-order valence-corrected chi connectivity index (χ4v) is 4.60. The van der Waals surface area contributed by atoms with E-state index >= 15 is 0 Å². The van der Waals surface area contributed by atoms with Crippen molar-refractivity contribution in [1.82, 2.24) is 4.98 Å². The molecule has 1 heterocycles. The Morgan fingerprint density at radius 1 is 1.15 bits per heavy atom. The normalized spacial score (nSPS) is 22.7. The highest BCUT2D eigenvalue weighted by Crippen LogP contribution is 2.57. The van der Waals surface area contributed by atoms with Gasteiger partial charge in [-0.25, -0.2) is 8.78 Å². The predicted molar refractivity (Wildman–Crippen MR) is 111 cm³/mol. The second kappa shape index (κ2) is 7.82. The summed E-state index contributed by atoms with van der Waals surface area (Å²) >= 11 is 0. The molecule has 174 valence electrons. The Labute approximate surface area is 183 Å². The largest absolute Gasteiger partial charge is 0.505 e. The van der Waals surface area contributed by atoms with E-state index in [0.29, 0.717) is 0 Å². The van der Waals surface area contributed by atoms with Crippen LogP contribution >= 0.6 is 0 Å². The van der Waals surface area contributed by atoms with Crippen LogP contribution in [-0.2, 0) is 0 Å². The maximum atomic E-state index is 14.4. The van der Waals surface area contributed by atoms with Crippen LogP contribution in [0.15, 0.2) is 46.4 Å². The molecule has 33 heavy (non-hydrogen) atoms. The fourth-order valence-electron chi connectivity index (χ4n) is 4.60. The maximum absolute atomic E-state index is 14.4. The van der Waals surface area contributed by atoms with E-state index in [1.807, 2.05) is 0 Å². The summed E-state index contributed by atoms with van der Waals surface area (Å²) in [5.41, 5.74) is -4.23. The van der Waals surface area contributed by atoms with Crippen molar-refractivity contribution in [2.45, 2.75) is 43.4 Å². The van der Waals surface area contributed by atoms with Crippen LogP contribution < -0.4 is 10.9 Å². The highest BCUT2D eigenvalue weighted by Gasteiger charge is 2.65. The van der Waals surface area contributed by atoms with E-state index in [2.05, 4.69) is 15.5 Å². The molecule has 1 aromatic heterocycles. The van der Waals surface area contributed by atoms with Gasteiger partial charge in [-0.2, -0.15) is 13.2 Å². The lowest BCUT2D eigenvalue weighted by atomic mass is 9.67. The van der Waals surface area contributed by atoms with Crippen molar-refractivity contribution < 1.29 is 27.1 Å². The number of pyridine rings is 1. The molecular formula is C22H18F5N3O3. The molecule has 4 rings (SSSR count). The van der Waals surface area contributed by atoms with Gasteiger partial charge in [0.25, 0.3) is 0 Å². The second-order valence-corrected chi connectivity index (χ2v) is 8.01. The van der Waals surface area contributed by atoms with Crippen LogP contribution in [-0.4, -0.2) is 21.8 Å². The lowest BCUT2D eigenvalue weighted by Crippen LogP contribution is -2.54. The van der Waals surface area contributed by atoms with Crippen LogP contribution in [0.3, 0.4) is 0 Å². The third kappa shape index (κ3) is 3.42. The third-order valence-corrected chi connectivity index (χ3v) is 6.25. The Morgan fingerprint density at radius 2 is 1.85 bits per heavy atom. The van der Waals surface area contributed by atoms with E-state index in [-0.39, 0.29) is 34.1 Å². The minimum absolute atomic E-state index is 0.0189. The average molecular weight is 467 g/mol. The minimum atomic E-state index is -5.11. The topological polar surface area (TPSA) is 94.5 Å². The number of aromatic nitrogens is 1. The summed E-state index contributed by atoms with van der Waals surface area (Å²) in [7, 11) is 0. The standard InChI is InChI=1S/C22H18F5N3O3/c1-2-10-9-21(30-33,22(25,26)27)20(12-3-5-14(24)19(32)17(10)12)28-15-7-6-13(23)18-11(15)4-8-16(31)29-18/h3-8,10,20,28,32H,2,9H2,1H3,(H,29,31)/t10-,20?,21-/m1/s1. The molecule has 2 aromatic carbocycles. The molecule has 1 unspecified atom stereocenters. The van der Waals surface area contributed by atoms with Gasteiger partial charge in [0.2, 0.25) is 11.1 Å². The number of rotatable bonds is 4. The third-order valence-electron chi connectivity index (χ3n) is 6.25. The Bertz CT molecular complexity index is 1310. The van der Waals surface area contributed by atoms with E-state index in [4.69, 9.17) is 0 Å². The zero-order valence-corrected chi connectivity index (χ0v) is 17.1. The number of aromatic amines is 1. The molecule has 0 fully saturated rings. The Balaban J connectivity index is 1.99. The first-order valence-corrected chi connectivity index (χ1v) is 10.0. The molecule has 0 spiro atoms. The predicted octanol–water partition coefficient (Wildman–Crippen LogP) is 5.63. The number of nitroso groups, excluding NO2 is 1. The molecule has 3 atom stereocenters. The Morgan fingerprint density at radius 3 is 2.48 bits per heavy atom. The van der Waals surface area contributed by atoms with E-state index in [1.54, 1.807) is 6.92 Å². The molecule has 0 saturated heterocycles. The van der Waals surface area contributed by atoms with Gasteiger partial charge in [-0.05, 0) is 48.6 Å². The Hall–Kier alpha value is -3.50. The summed E-state index contributed by atoms with van der Waals surface area (Å²) in [6.07, 6.45) is -5.84. The molecule has 3 N–H and O–H groups in total. The lowest BCUT2D eigenvalue weighted by Gasteiger charge is -2.44. The van der Waals surface area contributed by atoms with Crippen molar-refractivity contribution >= 4 is 16.6 Å². The van der Waals surface area contributed by atoms with Gasteiger partial charge >= 0.3 is 6.18 Å². The number of H-pyrrole nitrogens is 1. The molecule has 0 saturated carbocycles. The van der Waals surface area contributed by atoms with Crippen LogP contribution in [0, 0.1) is 16.5 Å². The van der Waals surface area contributed by atoms with Crippen LogP contribution in [0.1, 0.15) is 42.9 Å². The van der Waals surface area contributed by atoms with Crippen LogP contribution in [0.2, 0.25) is 0 Å². The highest BCUT2D eigenvalue weighted by molar-refractivity contribution is 5.91. The first-order valence-electron chi connectivity index (χ1n) is 10.0. The van der Waals surface area contributed by atoms with Gasteiger partial charge in [0, 0.05) is 22.7 Å². The summed E-state index contributed by atoms with van der Waals surface area (Å²) in [6.45, 7) is 1.56. The molecule has 0 bridgehead atoms. The highest BCUT2D eigenvalue weighted by atomic mass is 19.4. The van der Waals surface area contributed by atoms with Crippen LogP contribution in [0.5, 0.6) is 5.75 Å². The fraction of sp³-hybridized carbons (Fsp3) is 0.318. The lowest BCUT2D eigenvalue weighted by molar-refractivity contribution is -0.195. The number of phenols is 1. The molecule has 1 aliphatic carbocycles. The van der Waals surface area contributed by atoms with Crippen molar-refractivity contribution in [3.05, 3.63) is 74.4 Å². The number of nitrogens with one attached hydrogen (secondary N) is 2. The number of benzene rings is 2. The number of aromatic hydroxyl groups is 1. The molecule has 3 aromatic rings. The first-order chi connectivity index (χ1) is 15.5. The van der Waals surface area contributed by atoms with Gasteiger partial charge in [0.15, 0.2) is 11.6 Å². The SMILES string of the molecule is CC[C@@H]1C[C@](N=O)(C(F)(F)F)C(Nc2ccc(F)c3[nH]c(=O)ccc23)c2ccc(F)c(O)c21. The van der Waals surface area contributed by atoms with Gasteiger partial charge in [-0.3, -0.25) is 4.79 Å². The van der Waals surface area contributed by atoms with Crippen LogP contribution in [0.4, 0.5) is 27.6 Å². The van der Waals surface area contributed by atoms with Gasteiger partial charge in [0.1, 0.15) is 5.82 Å². The summed E-state index contributed by atoms with van der Waals surface area (Å²) in [6, 6.07) is 4.44. The van der Waals surface area contributed by atoms with Gasteiger partial charge in [-0.1, -0.05) is 18.2 Å². The smallest absolute Gasteiger partial charge is 0.419 e. The number of phenolic OH excluding ortho intramolecular Hbond substituents is 1. The zero-order valence-electron chi connectivity index (χ0n) is 17.1. The summed E-state index contributed by atoms with van der Waals surface area (Å²) in [5.74, 6) is -3.59. The summed E-state index contributed by atoms with van der Waals surface area (Å²) in [4.78, 5) is 25.8. The molecule has 1 aliphatic rings. The average Bonchev–Trinajstić information content (AvgIpc) is 2.77. The van der Waals surface area contributed by atoms with Crippen molar-refractivity contribution in [3.8, 4) is 5.75 Å². The number of hydrogen-bond acceptors (Lipinski definition) is 5. The molecule has 11 heteroatoms. The number of anilines is 1. The van der Waals surface area contributed by atoms with Crippen LogP contribution in [0.25, 0.3) is 10.9 Å². The second-order valence-electron chi connectivity index (χ2n) is 8.01. The quantitative estimate of drug-likeness (QED) is 0.342. The number of halogens is 5. The van der Waals surface area contributed by atoms with E-state index in [9.17, 15) is 36.8 Å². The van der Waals surface area contributed by atoms with Gasteiger partial charge in [-0.15, -0.1) is 4.91 Å². The number of nitrogens with zero attached hydrogens (tertiary/aromatic N) is 1. The van der Waals surface area contributed by atoms with Crippen molar-refractivity contribution in [1.29, 1.82) is 0 Å². The number of hydrogen-bond donors (Lipinski definition) is 3. The van der Waals surface area contributed by atoms with E-state index < -0.39 is 53.0 Å². The molecule has 6 nitrogen and oxygen atoms in total. The summed E-state index contributed by atoms with van der Waals surface area (Å²) < 4.78 is 71.5. The molecular weight excluding hydrogens is 449 g/mol. The van der Waals surface area contributed by atoms with Gasteiger partial charge in [0.05, 0.1) is 11.6 Å². The maximum Gasteiger partial charge on any atom is 0.419 e. The first kappa shape index (κ1) is 22.7. The molecule has 0 aliphatic heterocycles. The number of alkyl halides is 3. The minimum Gasteiger partial charge on any atom is -0.505 e.